The molecule has 0 fully saturated rings. The van der Waals surface area contributed by atoms with Crippen LogP contribution in [-0.2, 0) is 0 Å². The first kappa shape index (κ1) is 11.0. The average Bonchev–Trinajstić information content (AvgIpc) is 2.20. The van der Waals surface area contributed by atoms with Crippen molar-refractivity contribution < 1.29 is 4.39 Å². The van der Waals surface area contributed by atoms with Gasteiger partial charge >= 0.3 is 0 Å². The van der Waals surface area contributed by atoms with Crippen LogP contribution >= 0.6 is 23.2 Å². The number of hydrogen-bond acceptors (Lipinski definition) is 4. The van der Waals surface area contributed by atoms with Gasteiger partial charge in [0.25, 0.3) is 0 Å². The molecule has 82 valence electrons. The van der Waals surface area contributed by atoms with Crippen LogP contribution in [0.25, 0.3) is 11.4 Å². The molecule has 0 saturated heterocycles. The Morgan fingerprint density at radius 3 is 2.50 bits per heavy atom. The Morgan fingerprint density at radius 1 is 1.12 bits per heavy atom. The zero-order valence-electron chi connectivity index (χ0n) is 7.78. The minimum Gasteiger partial charge on any atom is -0.368 e. The molecule has 1 aromatic carbocycles. The lowest BCUT2D eigenvalue weighted by Gasteiger charge is -2.02. The topological polar surface area (TPSA) is 64.7 Å². The molecule has 2 rings (SSSR count). The van der Waals surface area contributed by atoms with Crippen molar-refractivity contribution in [1.82, 2.24) is 15.0 Å². The number of nitrogen functional groups attached to an aromatic ring is 1. The fourth-order valence-electron chi connectivity index (χ4n) is 1.13. The number of benzene rings is 1. The highest BCUT2D eigenvalue weighted by atomic mass is 35.5. The highest BCUT2D eigenvalue weighted by Gasteiger charge is 2.08. The molecule has 0 aliphatic rings. The van der Waals surface area contributed by atoms with Gasteiger partial charge in [-0.2, -0.15) is 15.0 Å². The molecule has 2 aromatic rings. The lowest BCUT2D eigenvalue weighted by molar-refractivity contribution is 0.628. The van der Waals surface area contributed by atoms with E-state index in [2.05, 4.69) is 15.0 Å². The Morgan fingerprint density at radius 2 is 1.88 bits per heavy atom. The average molecular weight is 259 g/mol. The molecular formula is C9H5Cl2FN4. The van der Waals surface area contributed by atoms with Crippen molar-refractivity contribution in [2.45, 2.75) is 0 Å². The van der Waals surface area contributed by atoms with E-state index >= 15 is 0 Å². The van der Waals surface area contributed by atoms with Gasteiger partial charge in [0.1, 0.15) is 5.82 Å². The zero-order chi connectivity index (χ0) is 11.7. The third kappa shape index (κ3) is 2.20. The second kappa shape index (κ2) is 4.19. The zero-order valence-corrected chi connectivity index (χ0v) is 9.30. The lowest BCUT2D eigenvalue weighted by atomic mass is 10.2. The summed E-state index contributed by atoms with van der Waals surface area (Å²) in [5.41, 5.74) is 5.83. The molecule has 0 amide bonds. The summed E-state index contributed by atoms with van der Waals surface area (Å²) in [6.45, 7) is 0. The predicted octanol–water partition coefficient (Wildman–Crippen LogP) is 2.57. The Hall–Kier alpha value is -1.46. The van der Waals surface area contributed by atoms with Gasteiger partial charge in [-0.3, -0.25) is 0 Å². The van der Waals surface area contributed by atoms with Crippen LogP contribution in [-0.4, -0.2) is 15.0 Å². The summed E-state index contributed by atoms with van der Waals surface area (Å²) < 4.78 is 13.2. The normalized spacial score (nSPS) is 10.4. The maximum atomic E-state index is 13.2. The first-order chi connectivity index (χ1) is 7.56. The molecule has 2 N–H and O–H groups in total. The summed E-state index contributed by atoms with van der Waals surface area (Å²) in [5.74, 6) is -0.382. The minimum absolute atomic E-state index is 0.0228. The minimum atomic E-state index is -0.561. The van der Waals surface area contributed by atoms with Crippen molar-refractivity contribution in [3.63, 3.8) is 0 Å². The van der Waals surface area contributed by atoms with Crippen LogP contribution in [0.1, 0.15) is 0 Å². The van der Waals surface area contributed by atoms with Crippen LogP contribution in [0.5, 0.6) is 0 Å². The van der Waals surface area contributed by atoms with Gasteiger partial charge in [-0.25, -0.2) is 4.39 Å². The van der Waals surface area contributed by atoms with E-state index in [1.54, 1.807) is 6.07 Å². The summed E-state index contributed by atoms with van der Waals surface area (Å²) in [6.07, 6.45) is 0. The molecule has 1 heterocycles. The monoisotopic (exact) mass is 258 g/mol. The van der Waals surface area contributed by atoms with E-state index in [1.807, 2.05) is 0 Å². The number of anilines is 1. The van der Waals surface area contributed by atoms with Gasteiger partial charge < -0.3 is 5.73 Å². The van der Waals surface area contributed by atoms with Gasteiger partial charge in [0, 0.05) is 5.56 Å². The Balaban J connectivity index is 2.54. The number of nitrogens with two attached hydrogens (primary N) is 1. The van der Waals surface area contributed by atoms with Gasteiger partial charge in [-0.05, 0) is 29.8 Å². The number of halogens is 3. The van der Waals surface area contributed by atoms with Gasteiger partial charge in [-0.1, -0.05) is 11.6 Å². The van der Waals surface area contributed by atoms with Crippen molar-refractivity contribution >= 4 is 29.2 Å². The summed E-state index contributed by atoms with van der Waals surface area (Å²) in [4.78, 5) is 11.3. The van der Waals surface area contributed by atoms with Crippen molar-refractivity contribution in [2.75, 3.05) is 5.73 Å². The van der Waals surface area contributed by atoms with Crippen LogP contribution in [0, 0.1) is 5.82 Å². The second-order valence-electron chi connectivity index (χ2n) is 2.92. The van der Waals surface area contributed by atoms with Crippen LogP contribution < -0.4 is 5.73 Å². The van der Waals surface area contributed by atoms with E-state index < -0.39 is 5.82 Å². The predicted molar refractivity (Wildman–Crippen MR) is 59.7 cm³/mol. The van der Waals surface area contributed by atoms with Gasteiger partial charge in [0.15, 0.2) is 5.82 Å². The highest BCUT2D eigenvalue weighted by molar-refractivity contribution is 6.30. The molecule has 0 unspecified atom stereocenters. The molecule has 7 heteroatoms. The summed E-state index contributed by atoms with van der Waals surface area (Å²) in [5, 5.41) is -0.0188. The third-order valence-electron chi connectivity index (χ3n) is 1.80. The third-order valence-corrected chi connectivity index (χ3v) is 2.28. The van der Waals surface area contributed by atoms with Crippen molar-refractivity contribution in [2.24, 2.45) is 0 Å². The molecule has 0 spiro atoms. The van der Waals surface area contributed by atoms with Gasteiger partial charge in [0.2, 0.25) is 11.2 Å². The summed E-state index contributed by atoms with van der Waals surface area (Å²) in [6, 6.07) is 4.17. The largest absolute Gasteiger partial charge is 0.368 e. The molecule has 0 saturated carbocycles. The molecule has 4 nitrogen and oxygen atoms in total. The molecule has 0 aliphatic carbocycles. The quantitative estimate of drug-likeness (QED) is 0.854. The molecule has 0 atom stereocenters. The van der Waals surface area contributed by atoms with Crippen LogP contribution in [0.15, 0.2) is 18.2 Å². The SMILES string of the molecule is Nc1nc(Cl)nc(-c2ccc(Cl)c(F)c2)n1. The first-order valence-electron chi connectivity index (χ1n) is 4.19. The molecule has 0 aliphatic heterocycles. The van der Waals surface area contributed by atoms with Crippen molar-refractivity contribution in [3.05, 3.63) is 34.3 Å². The van der Waals surface area contributed by atoms with Crippen LogP contribution in [0.2, 0.25) is 10.3 Å². The second-order valence-corrected chi connectivity index (χ2v) is 3.66. The van der Waals surface area contributed by atoms with Gasteiger partial charge in [0.05, 0.1) is 5.02 Å². The maximum absolute atomic E-state index is 13.2. The number of hydrogen-bond donors (Lipinski definition) is 1. The van der Waals surface area contributed by atoms with Crippen molar-refractivity contribution in [3.8, 4) is 11.4 Å². The van der Waals surface area contributed by atoms with Crippen LogP contribution in [0.3, 0.4) is 0 Å². The van der Waals surface area contributed by atoms with E-state index in [-0.39, 0.29) is 22.1 Å². The Labute approximate surface area is 100 Å². The standard InChI is InChI=1S/C9H5Cl2FN4/c10-5-2-1-4(3-6(5)12)7-14-8(11)16-9(13)15-7/h1-3H,(H2,13,14,15,16). The summed E-state index contributed by atoms with van der Waals surface area (Å²) >= 11 is 11.2. The van der Waals surface area contributed by atoms with Gasteiger partial charge in [-0.15, -0.1) is 0 Å². The molecule has 16 heavy (non-hydrogen) atoms. The molecular weight excluding hydrogens is 254 g/mol. The molecule has 1 aromatic heterocycles. The van der Waals surface area contributed by atoms with E-state index in [4.69, 9.17) is 28.9 Å². The molecule has 0 radical (unpaired) electrons. The van der Waals surface area contributed by atoms with E-state index in [0.717, 1.165) is 0 Å². The lowest BCUT2D eigenvalue weighted by Crippen LogP contribution is -2.00. The number of rotatable bonds is 1. The Bertz CT molecular complexity index is 527. The smallest absolute Gasteiger partial charge is 0.227 e. The van der Waals surface area contributed by atoms with E-state index in [1.165, 1.54) is 12.1 Å². The highest BCUT2D eigenvalue weighted by Crippen LogP contribution is 2.22. The van der Waals surface area contributed by atoms with Crippen LogP contribution in [0.4, 0.5) is 10.3 Å². The first-order valence-corrected chi connectivity index (χ1v) is 4.94. The number of aromatic nitrogens is 3. The Kier molecular flexibility index (Phi) is 2.89. The number of nitrogens with zero attached hydrogens (tertiary/aromatic N) is 3. The van der Waals surface area contributed by atoms with Crippen molar-refractivity contribution in [1.29, 1.82) is 0 Å². The summed E-state index contributed by atoms with van der Waals surface area (Å²) in [7, 11) is 0. The fraction of sp³-hybridized carbons (Fsp3) is 0. The molecule has 0 bridgehead atoms. The maximum Gasteiger partial charge on any atom is 0.227 e. The fourth-order valence-corrected chi connectivity index (χ4v) is 1.41. The van der Waals surface area contributed by atoms with E-state index in [9.17, 15) is 4.39 Å². The van der Waals surface area contributed by atoms with E-state index in [0.29, 0.717) is 5.56 Å².